The number of halogens is 1. The fraction of sp³-hybridized carbons (Fsp3) is 0.588. The Morgan fingerprint density at radius 1 is 1.26 bits per heavy atom. The van der Waals surface area contributed by atoms with E-state index >= 15 is 0 Å². The molecule has 1 saturated heterocycles. The van der Waals surface area contributed by atoms with Crippen molar-refractivity contribution in [2.24, 2.45) is 0 Å². The lowest BCUT2D eigenvalue weighted by atomic mass is 10.2. The van der Waals surface area contributed by atoms with Gasteiger partial charge in [-0.1, -0.05) is 17.7 Å². The fourth-order valence-corrected chi connectivity index (χ4v) is 3.06. The Kier molecular flexibility index (Phi) is 5.41. The van der Waals surface area contributed by atoms with E-state index in [4.69, 9.17) is 16.3 Å². The zero-order chi connectivity index (χ0) is 16.2. The highest BCUT2D eigenvalue weighted by molar-refractivity contribution is 6.31. The highest BCUT2D eigenvalue weighted by Gasteiger charge is 2.25. The first-order valence-electron chi connectivity index (χ1n) is 8.20. The van der Waals surface area contributed by atoms with Crippen LogP contribution >= 0.6 is 11.6 Å². The van der Waals surface area contributed by atoms with E-state index in [0.29, 0.717) is 12.6 Å². The van der Waals surface area contributed by atoms with Crippen LogP contribution in [0, 0.1) is 0 Å². The molecule has 1 amide bonds. The van der Waals surface area contributed by atoms with Crippen molar-refractivity contribution < 1.29 is 9.53 Å². The van der Waals surface area contributed by atoms with E-state index in [-0.39, 0.29) is 5.91 Å². The van der Waals surface area contributed by atoms with Crippen molar-refractivity contribution in [2.45, 2.75) is 25.4 Å². The Bertz CT molecular complexity index is 555. The molecule has 1 aromatic carbocycles. The summed E-state index contributed by atoms with van der Waals surface area (Å²) in [6.07, 6.45) is 2.28. The van der Waals surface area contributed by atoms with Gasteiger partial charge in [0.1, 0.15) is 5.75 Å². The highest BCUT2D eigenvalue weighted by Crippen LogP contribution is 2.24. The number of nitrogens with one attached hydrogen (secondary N) is 1. The number of carbonyl (C=O) groups excluding carboxylic acids is 1. The van der Waals surface area contributed by atoms with Crippen LogP contribution in [0.4, 0.5) is 0 Å². The molecule has 1 heterocycles. The van der Waals surface area contributed by atoms with E-state index < -0.39 is 0 Å². The van der Waals surface area contributed by atoms with Gasteiger partial charge in [0, 0.05) is 43.8 Å². The molecule has 6 heteroatoms. The second kappa shape index (κ2) is 7.51. The number of amides is 1. The number of methoxy groups -OCH3 is 1. The number of benzene rings is 1. The van der Waals surface area contributed by atoms with E-state index in [1.54, 1.807) is 7.11 Å². The van der Waals surface area contributed by atoms with E-state index in [0.717, 1.165) is 61.9 Å². The van der Waals surface area contributed by atoms with Crippen LogP contribution in [0.2, 0.25) is 5.02 Å². The predicted octanol–water partition coefficient (Wildman–Crippen LogP) is 1.74. The van der Waals surface area contributed by atoms with Crippen LogP contribution in [0.1, 0.15) is 18.4 Å². The van der Waals surface area contributed by atoms with Crippen molar-refractivity contribution in [1.29, 1.82) is 0 Å². The number of hydrogen-bond acceptors (Lipinski definition) is 4. The number of nitrogens with zero attached hydrogens (tertiary/aromatic N) is 2. The molecule has 0 spiro atoms. The monoisotopic (exact) mass is 337 g/mol. The Labute approximate surface area is 142 Å². The molecular formula is C17H24ClN3O2. The molecular weight excluding hydrogens is 314 g/mol. The lowest BCUT2D eigenvalue weighted by molar-refractivity contribution is -0.122. The summed E-state index contributed by atoms with van der Waals surface area (Å²) in [7, 11) is 1.64. The molecule has 2 fully saturated rings. The maximum absolute atomic E-state index is 11.8. The largest absolute Gasteiger partial charge is 0.497 e. The van der Waals surface area contributed by atoms with Crippen molar-refractivity contribution in [3.63, 3.8) is 0 Å². The first kappa shape index (κ1) is 16.6. The first-order valence-corrected chi connectivity index (χ1v) is 8.58. The van der Waals surface area contributed by atoms with Gasteiger partial charge in [-0.15, -0.1) is 0 Å². The third-order valence-corrected chi connectivity index (χ3v) is 4.78. The van der Waals surface area contributed by atoms with Gasteiger partial charge in [0.15, 0.2) is 0 Å². The average molecular weight is 338 g/mol. The zero-order valence-corrected chi connectivity index (χ0v) is 14.3. The zero-order valence-electron chi connectivity index (χ0n) is 13.6. The molecule has 1 aliphatic carbocycles. The summed E-state index contributed by atoms with van der Waals surface area (Å²) >= 11 is 6.31. The summed E-state index contributed by atoms with van der Waals surface area (Å²) in [5, 5.41) is 3.79. The summed E-state index contributed by atoms with van der Waals surface area (Å²) in [4.78, 5) is 16.4. The minimum Gasteiger partial charge on any atom is -0.497 e. The third kappa shape index (κ3) is 4.83. The maximum atomic E-state index is 11.8. The minimum atomic E-state index is 0.166. The number of piperazine rings is 1. The lowest BCUT2D eigenvalue weighted by Gasteiger charge is -2.34. The molecule has 1 saturated carbocycles. The Hall–Kier alpha value is -1.30. The van der Waals surface area contributed by atoms with Crippen LogP contribution in [0.3, 0.4) is 0 Å². The molecule has 1 aliphatic heterocycles. The lowest BCUT2D eigenvalue weighted by Crippen LogP contribution is -2.49. The second-order valence-electron chi connectivity index (χ2n) is 6.35. The van der Waals surface area contributed by atoms with Gasteiger partial charge < -0.3 is 10.1 Å². The van der Waals surface area contributed by atoms with Crippen molar-refractivity contribution in [1.82, 2.24) is 15.1 Å². The Morgan fingerprint density at radius 3 is 2.57 bits per heavy atom. The molecule has 23 heavy (non-hydrogen) atoms. The predicted molar refractivity (Wildman–Crippen MR) is 90.9 cm³/mol. The van der Waals surface area contributed by atoms with Crippen LogP contribution < -0.4 is 10.1 Å². The van der Waals surface area contributed by atoms with Crippen molar-refractivity contribution in [2.75, 3.05) is 39.8 Å². The van der Waals surface area contributed by atoms with Crippen LogP contribution in [0.15, 0.2) is 18.2 Å². The third-order valence-electron chi connectivity index (χ3n) is 4.43. The second-order valence-corrected chi connectivity index (χ2v) is 6.76. The molecule has 1 N–H and O–H groups in total. The quantitative estimate of drug-likeness (QED) is 0.859. The molecule has 0 bridgehead atoms. The van der Waals surface area contributed by atoms with Gasteiger partial charge in [0.25, 0.3) is 0 Å². The summed E-state index contributed by atoms with van der Waals surface area (Å²) in [6.45, 7) is 5.12. The molecule has 0 radical (unpaired) electrons. The minimum absolute atomic E-state index is 0.166. The van der Waals surface area contributed by atoms with E-state index in [1.807, 2.05) is 18.2 Å². The van der Waals surface area contributed by atoms with Crippen LogP contribution in [0.25, 0.3) is 0 Å². The smallest absolute Gasteiger partial charge is 0.234 e. The summed E-state index contributed by atoms with van der Waals surface area (Å²) in [5.41, 5.74) is 1.12. The van der Waals surface area contributed by atoms with E-state index in [1.165, 1.54) is 0 Å². The number of hydrogen-bond donors (Lipinski definition) is 1. The topological polar surface area (TPSA) is 44.8 Å². The van der Waals surface area contributed by atoms with Gasteiger partial charge in [0.05, 0.1) is 13.7 Å². The first-order chi connectivity index (χ1) is 11.1. The van der Waals surface area contributed by atoms with Crippen LogP contribution in [-0.4, -0.2) is 61.6 Å². The van der Waals surface area contributed by atoms with Gasteiger partial charge in [-0.3, -0.25) is 14.6 Å². The molecule has 0 aromatic heterocycles. The Morgan fingerprint density at radius 2 is 1.96 bits per heavy atom. The molecule has 0 unspecified atom stereocenters. The van der Waals surface area contributed by atoms with Crippen molar-refractivity contribution >= 4 is 17.5 Å². The van der Waals surface area contributed by atoms with Gasteiger partial charge in [-0.05, 0) is 30.5 Å². The molecule has 5 nitrogen and oxygen atoms in total. The summed E-state index contributed by atoms with van der Waals surface area (Å²) in [6, 6.07) is 6.27. The number of carbonyl (C=O) groups is 1. The molecule has 126 valence electrons. The normalized spacial score (nSPS) is 19.6. The van der Waals surface area contributed by atoms with Crippen LogP contribution in [-0.2, 0) is 11.3 Å². The fourth-order valence-electron chi connectivity index (χ4n) is 2.83. The van der Waals surface area contributed by atoms with Crippen molar-refractivity contribution in [3.05, 3.63) is 28.8 Å². The van der Waals surface area contributed by atoms with Crippen LogP contribution in [0.5, 0.6) is 5.75 Å². The van der Waals surface area contributed by atoms with Gasteiger partial charge in [-0.2, -0.15) is 0 Å². The van der Waals surface area contributed by atoms with Crippen molar-refractivity contribution in [3.8, 4) is 5.75 Å². The number of ether oxygens (including phenoxy) is 1. The maximum Gasteiger partial charge on any atom is 0.234 e. The Balaban J connectivity index is 1.44. The van der Waals surface area contributed by atoms with Gasteiger partial charge in [0.2, 0.25) is 5.91 Å². The summed E-state index contributed by atoms with van der Waals surface area (Å²) in [5.74, 6) is 0.949. The SMILES string of the molecule is COc1ccc(CN2CCN(CC(=O)NC3CC3)CC2)c(Cl)c1. The number of rotatable bonds is 6. The highest BCUT2D eigenvalue weighted by atomic mass is 35.5. The molecule has 1 aromatic rings. The summed E-state index contributed by atoms with van der Waals surface area (Å²) < 4.78 is 5.18. The molecule has 2 aliphatic rings. The van der Waals surface area contributed by atoms with E-state index in [2.05, 4.69) is 15.1 Å². The van der Waals surface area contributed by atoms with Gasteiger partial charge >= 0.3 is 0 Å². The average Bonchev–Trinajstić information content (AvgIpc) is 3.35. The standard InChI is InChI=1S/C17H24ClN3O2/c1-23-15-5-2-13(16(18)10-15)11-20-6-8-21(9-7-20)12-17(22)19-14-3-4-14/h2,5,10,14H,3-4,6-9,11-12H2,1H3,(H,19,22). The van der Waals surface area contributed by atoms with Gasteiger partial charge in [-0.25, -0.2) is 0 Å². The molecule has 0 atom stereocenters. The van der Waals surface area contributed by atoms with E-state index in [9.17, 15) is 4.79 Å². The molecule has 3 rings (SSSR count).